The van der Waals surface area contributed by atoms with Crippen LogP contribution in [0, 0.1) is 11.6 Å². The molecule has 1 aliphatic rings. The number of halogens is 2. The van der Waals surface area contributed by atoms with E-state index in [0.29, 0.717) is 18.8 Å². The Morgan fingerprint density at radius 2 is 2.00 bits per heavy atom. The van der Waals surface area contributed by atoms with Crippen LogP contribution in [-0.2, 0) is 4.74 Å². The zero-order valence-electron chi connectivity index (χ0n) is 11.6. The van der Waals surface area contributed by atoms with Crippen LogP contribution in [0.1, 0.15) is 22.2 Å². The van der Waals surface area contributed by atoms with Gasteiger partial charge < -0.3 is 9.64 Å². The fourth-order valence-corrected chi connectivity index (χ4v) is 2.35. The first kappa shape index (κ1) is 14.5. The van der Waals surface area contributed by atoms with E-state index in [0.717, 1.165) is 18.2 Å². The van der Waals surface area contributed by atoms with Crippen LogP contribution in [0.4, 0.5) is 8.78 Å². The lowest BCUT2D eigenvalue weighted by atomic mass is 10.1. The van der Waals surface area contributed by atoms with Gasteiger partial charge in [-0.25, -0.2) is 8.78 Å². The van der Waals surface area contributed by atoms with Crippen molar-refractivity contribution in [3.63, 3.8) is 0 Å². The molecular formula is C15H13F2N3O2. The van der Waals surface area contributed by atoms with Gasteiger partial charge in [-0.1, -0.05) is 0 Å². The van der Waals surface area contributed by atoms with Crippen molar-refractivity contribution >= 4 is 5.91 Å². The van der Waals surface area contributed by atoms with E-state index in [4.69, 9.17) is 4.74 Å². The maximum atomic E-state index is 13.2. The number of ether oxygens (including phenoxy) is 1. The predicted molar refractivity (Wildman–Crippen MR) is 73.0 cm³/mol. The van der Waals surface area contributed by atoms with Gasteiger partial charge in [0.05, 0.1) is 25.0 Å². The van der Waals surface area contributed by atoms with Gasteiger partial charge in [0.25, 0.3) is 5.91 Å². The van der Waals surface area contributed by atoms with Crippen molar-refractivity contribution in [1.29, 1.82) is 0 Å². The number of morpholine rings is 1. The zero-order chi connectivity index (χ0) is 15.5. The minimum Gasteiger partial charge on any atom is -0.368 e. The van der Waals surface area contributed by atoms with E-state index in [9.17, 15) is 13.6 Å². The molecule has 1 unspecified atom stereocenters. The SMILES string of the molecule is O=C(c1cc(F)cc(F)c1)N1CCOC(c2cnccn2)C1. The smallest absolute Gasteiger partial charge is 0.254 e. The average Bonchev–Trinajstić information content (AvgIpc) is 2.54. The number of nitrogens with zero attached hydrogens (tertiary/aromatic N) is 3. The molecule has 1 atom stereocenters. The summed E-state index contributed by atoms with van der Waals surface area (Å²) in [5.74, 6) is -1.99. The van der Waals surface area contributed by atoms with Crippen molar-refractivity contribution in [2.24, 2.45) is 0 Å². The third kappa shape index (κ3) is 3.09. The van der Waals surface area contributed by atoms with Crippen molar-refractivity contribution in [2.75, 3.05) is 19.7 Å². The zero-order valence-corrected chi connectivity index (χ0v) is 11.6. The van der Waals surface area contributed by atoms with E-state index in [-0.39, 0.29) is 12.1 Å². The minimum atomic E-state index is -0.776. The topological polar surface area (TPSA) is 55.3 Å². The summed E-state index contributed by atoms with van der Waals surface area (Å²) in [5, 5.41) is 0. The summed E-state index contributed by atoms with van der Waals surface area (Å²) in [6.45, 7) is 0.939. The van der Waals surface area contributed by atoms with Crippen molar-refractivity contribution in [3.8, 4) is 0 Å². The number of hydrogen-bond donors (Lipinski definition) is 0. The number of hydrogen-bond acceptors (Lipinski definition) is 4. The van der Waals surface area contributed by atoms with Gasteiger partial charge in [-0.3, -0.25) is 14.8 Å². The molecule has 1 amide bonds. The molecule has 0 N–H and O–H groups in total. The second-order valence-electron chi connectivity index (χ2n) is 4.90. The largest absolute Gasteiger partial charge is 0.368 e. The van der Waals surface area contributed by atoms with Crippen molar-refractivity contribution < 1.29 is 18.3 Å². The average molecular weight is 305 g/mol. The highest BCUT2D eigenvalue weighted by Gasteiger charge is 2.27. The molecule has 1 aromatic heterocycles. The second-order valence-corrected chi connectivity index (χ2v) is 4.90. The van der Waals surface area contributed by atoms with E-state index in [1.54, 1.807) is 18.6 Å². The highest BCUT2D eigenvalue weighted by Crippen LogP contribution is 2.21. The lowest BCUT2D eigenvalue weighted by molar-refractivity contribution is -0.0249. The van der Waals surface area contributed by atoms with Gasteiger partial charge in [0.2, 0.25) is 0 Å². The molecule has 1 aliphatic heterocycles. The van der Waals surface area contributed by atoms with Gasteiger partial charge in [0, 0.05) is 30.6 Å². The maximum absolute atomic E-state index is 13.2. The number of amides is 1. The molecular weight excluding hydrogens is 292 g/mol. The first-order chi connectivity index (χ1) is 10.6. The summed E-state index contributed by atoms with van der Waals surface area (Å²) < 4.78 is 32.1. The van der Waals surface area contributed by atoms with Crippen molar-refractivity contribution in [2.45, 2.75) is 6.10 Å². The molecule has 2 aromatic rings. The van der Waals surface area contributed by atoms with Crippen LogP contribution < -0.4 is 0 Å². The normalized spacial score (nSPS) is 18.3. The molecule has 0 spiro atoms. The molecule has 0 aliphatic carbocycles. The van der Waals surface area contributed by atoms with E-state index >= 15 is 0 Å². The molecule has 1 fully saturated rings. The van der Waals surface area contributed by atoms with Crippen LogP contribution in [0.3, 0.4) is 0 Å². The summed E-state index contributed by atoms with van der Waals surface area (Å²) in [4.78, 5) is 22.0. The van der Waals surface area contributed by atoms with E-state index < -0.39 is 23.6 Å². The number of benzene rings is 1. The van der Waals surface area contributed by atoms with E-state index in [1.165, 1.54) is 4.90 Å². The first-order valence-electron chi connectivity index (χ1n) is 6.76. The van der Waals surface area contributed by atoms with Gasteiger partial charge in [0.1, 0.15) is 17.7 Å². The van der Waals surface area contributed by atoms with Crippen LogP contribution in [0.15, 0.2) is 36.8 Å². The Morgan fingerprint density at radius 1 is 1.23 bits per heavy atom. The van der Waals surface area contributed by atoms with Gasteiger partial charge in [-0.15, -0.1) is 0 Å². The third-order valence-corrected chi connectivity index (χ3v) is 3.38. The number of aromatic nitrogens is 2. The molecule has 5 nitrogen and oxygen atoms in total. The van der Waals surface area contributed by atoms with Gasteiger partial charge in [-0.2, -0.15) is 0 Å². The van der Waals surface area contributed by atoms with Crippen LogP contribution >= 0.6 is 0 Å². The van der Waals surface area contributed by atoms with Crippen molar-refractivity contribution in [1.82, 2.24) is 14.9 Å². The molecule has 114 valence electrons. The molecule has 2 heterocycles. The summed E-state index contributed by atoms with van der Waals surface area (Å²) in [7, 11) is 0. The Balaban J connectivity index is 1.78. The molecule has 0 bridgehead atoms. The number of rotatable bonds is 2. The Hall–Kier alpha value is -2.41. The van der Waals surface area contributed by atoms with Crippen LogP contribution in [0.5, 0.6) is 0 Å². The van der Waals surface area contributed by atoms with E-state index in [1.807, 2.05) is 0 Å². The standard InChI is InChI=1S/C15H13F2N3O2/c16-11-5-10(6-12(17)7-11)15(21)20-3-4-22-14(9-20)13-8-18-1-2-19-13/h1-2,5-8,14H,3-4,9H2. The number of carbonyl (C=O) groups excluding carboxylic acids is 1. The molecule has 1 saturated heterocycles. The Kier molecular flexibility index (Phi) is 4.06. The maximum Gasteiger partial charge on any atom is 0.254 e. The lowest BCUT2D eigenvalue weighted by Gasteiger charge is -2.32. The van der Waals surface area contributed by atoms with Crippen LogP contribution in [-0.4, -0.2) is 40.5 Å². The molecule has 3 rings (SSSR count). The molecule has 22 heavy (non-hydrogen) atoms. The molecule has 7 heteroatoms. The Labute approximate surface area is 125 Å². The van der Waals surface area contributed by atoms with Gasteiger partial charge in [0.15, 0.2) is 0 Å². The third-order valence-electron chi connectivity index (χ3n) is 3.38. The fourth-order valence-electron chi connectivity index (χ4n) is 2.35. The monoisotopic (exact) mass is 305 g/mol. The summed E-state index contributed by atoms with van der Waals surface area (Å²) in [6, 6.07) is 2.79. The summed E-state index contributed by atoms with van der Waals surface area (Å²) in [6.07, 6.45) is 4.26. The van der Waals surface area contributed by atoms with Gasteiger partial charge in [-0.05, 0) is 12.1 Å². The molecule has 1 aromatic carbocycles. The summed E-state index contributed by atoms with van der Waals surface area (Å²) in [5.41, 5.74) is 0.600. The molecule has 0 radical (unpaired) electrons. The Bertz CT molecular complexity index is 661. The number of carbonyl (C=O) groups is 1. The minimum absolute atomic E-state index is 0.0164. The fraction of sp³-hybridized carbons (Fsp3) is 0.267. The second kappa shape index (κ2) is 6.15. The highest BCUT2D eigenvalue weighted by atomic mass is 19.1. The van der Waals surface area contributed by atoms with Crippen molar-refractivity contribution in [3.05, 3.63) is 59.7 Å². The predicted octanol–water partition coefficient (Wildman–Crippen LogP) is 1.97. The molecule has 0 saturated carbocycles. The lowest BCUT2D eigenvalue weighted by Crippen LogP contribution is -2.42. The highest BCUT2D eigenvalue weighted by molar-refractivity contribution is 5.94. The quantitative estimate of drug-likeness (QED) is 0.851. The summed E-state index contributed by atoms with van der Waals surface area (Å²) >= 11 is 0. The van der Waals surface area contributed by atoms with E-state index in [2.05, 4.69) is 9.97 Å². The van der Waals surface area contributed by atoms with Gasteiger partial charge >= 0.3 is 0 Å². The Morgan fingerprint density at radius 3 is 2.68 bits per heavy atom. The van der Waals surface area contributed by atoms with Crippen LogP contribution in [0.25, 0.3) is 0 Å². The first-order valence-corrected chi connectivity index (χ1v) is 6.76. The van der Waals surface area contributed by atoms with Crippen LogP contribution in [0.2, 0.25) is 0 Å².